The number of aromatic nitrogens is 1. The summed E-state index contributed by atoms with van der Waals surface area (Å²) in [7, 11) is 1.33. The molecule has 3 rings (SSSR count). The number of esters is 1. The first-order valence-electron chi connectivity index (χ1n) is 8.20. The van der Waals surface area contributed by atoms with Crippen molar-refractivity contribution < 1.29 is 14.3 Å². The molecule has 2 aromatic carbocycles. The van der Waals surface area contributed by atoms with E-state index < -0.39 is 12.0 Å². The quantitative estimate of drug-likeness (QED) is 0.388. The SMILES string of the molecule is COC(=O)c1ccc(/C=N\NC(=O)[C@H](C)Nc2nc3ccccc3s2)cc1. The number of hydrazone groups is 1. The molecule has 27 heavy (non-hydrogen) atoms. The van der Waals surface area contributed by atoms with Gasteiger partial charge in [0.15, 0.2) is 5.13 Å². The molecule has 0 bridgehead atoms. The van der Waals surface area contributed by atoms with Gasteiger partial charge < -0.3 is 10.1 Å². The van der Waals surface area contributed by atoms with E-state index in [1.54, 1.807) is 31.2 Å². The molecule has 0 saturated heterocycles. The third-order valence-electron chi connectivity index (χ3n) is 3.75. The molecular formula is C19H18N4O3S. The Kier molecular flexibility index (Phi) is 5.77. The van der Waals surface area contributed by atoms with Gasteiger partial charge in [0.1, 0.15) is 6.04 Å². The number of methoxy groups -OCH3 is 1. The van der Waals surface area contributed by atoms with E-state index in [2.05, 4.69) is 25.6 Å². The summed E-state index contributed by atoms with van der Waals surface area (Å²) in [5, 5.41) is 7.70. The number of para-hydroxylation sites is 1. The molecule has 0 radical (unpaired) electrons. The number of rotatable bonds is 6. The van der Waals surface area contributed by atoms with Crippen molar-refractivity contribution in [2.45, 2.75) is 13.0 Å². The molecule has 0 aliphatic rings. The van der Waals surface area contributed by atoms with Gasteiger partial charge >= 0.3 is 5.97 Å². The molecule has 1 amide bonds. The zero-order chi connectivity index (χ0) is 19.2. The zero-order valence-corrected chi connectivity index (χ0v) is 15.6. The Morgan fingerprint density at radius 1 is 1.19 bits per heavy atom. The summed E-state index contributed by atoms with van der Waals surface area (Å²) in [4.78, 5) is 28.0. The fraction of sp³-hybridized carbons (Fsp3) is 0.158. The predicted octanol–water partition coefficient (Wildman–Crippen LogP) is 3.03. The van der Waals surface area contributed by atoms with E-state index in [1.165, 1.54) is 24.7 Å². The van der Waals surface area contributed by atoms with Crippen LogP contribution in [0.25, 0.3) is 10.2 Å². The highest BCUT2D eigenvalue weighted by Crippen LogP contribution is 2.25. The molecule has 0 spiro atoms. The van der Waals surface area contributed by atoms with Crippen LogP contribution in [0.1, 0.15) is 22.8 Å². The van der Waals surface area contributed by atoms with Gasteiger partial charge in [0, 0.05) is 0 Å². The van der Waals surface area contributed by atoms with E-state index in [4.69, 9.17) is 0 Å². The molecule has 0 fully saturated rings. The number of carbonyl (C=O) groups is 2. The topological polar surface area (TPSA) is 92.7 Å². The predicted molar refractivity (Wildman–Crippen MR) is 106 cm³/mol. The van der Waals surface area contributed by atoms with Crippen LogP contribution in [0.5, 0.6) is 0 Å². The number of anilines is 1. The summed E-state index contributed by atoms with van der Waals surface area (Å²) in [5.41, 5.74) is 4.58. The van der Waals surface area contributed by atoms with Gasteiger partial charge in [-0.2, -0.15) is 5.10 Å². The molecule has 1 atom stereocenters. The summed E-state index contributed by atoms with van der Waals surface area (Å²) in [6.45, 7) is 1.74. The normalized spacial score (nSPS) is 12.1. The molecule has 0 unspecified atom stereocenters. The third kappa shape index (κ3) is 4.68. The second-order valence-electron chi connectivity index (χ2n) is 5.70. The van der Waals surface area contributed by atoms with E-state index in [0.717, 1.165) is 15.8 Å². The highest BCUT2D eigenvalue weighted by molar-refractivity contribution is 7.22. The first kappa shape index (κ1) is 18.5. The fourth-order valence-electron chi connectivity index (χ4n) is 2.28. The Labute approximate surface area is 160 Å². The third-order valence-corrected chi connectivity index (χ3v) is 4.71. The highest BCUT2D eigenvalue weighted by atomic mass is 32.1. The van der Waals surface area contributed by atoms with Gasteiger partial charge in [-0.25, -0.2) is 15.2 Å². The first-order chi connectivity index (χ1) is 13.1. The molecule has 1 aromatic heterocycles. The van der Waals surface area contributed by atoms with Crippen molar-refractivity contribution in [1.29, 1.82) is 0 Å². The van der Waals surface area contributed by atoms with Crippen LogP contribution in [-0.4, -0.2) is 36.2 Å². The standard InChI is InChI=1S/C19H18N4O3S/c1-12(21-19-22-15-5-3-4-6-16(15)27-19)17(24)23-20-11-13-7-9-14(10-8-13)18(25)26-2/h3-12H,1-2H3,(H,21,22)(H,23,24)/b20-11-/t12-/m0/s1. The lowest BCUT2D eigenvalue weighted by Gasteiger charge is -2.10. The minimum Gasteiger partial charge on any atom is -0.465 e. The number of fused-ring (bicyclic) bond motifs is 1. The lowest BCUT2D eigenvalue weighted by Crippen LogP contribution is -2.34. The van der Waals surface area contributed by atoms with E-state index in [-0.39, 0.29) is 5.91 Å². The second-order valence-corrected chi connectivity index (χ2v) is 6.73. The number of ether oxygens (including phenoxy) is 1. The summed E-state index contributed by atoms with van der Waals surface area (Å²) in [5.74, 6) is -0.682. The fourth-order valence-corrected chi connectivity index (χ4v) is 3.23. The van der Waals surface area contributed by atoms with Crippen molar-refractivity contribution in [1.82, 2.24) is 10.4 Å². The van der Waals surface area contributed by atoms with Gasteiger partial charge in [0.25, 0.3) is 5.91 Å². The van der Waals surface area contributed by atoms with Gasteiger partial charge in [0.05, 0.1) is 29.1 Å². The van der Waals surface area contributed by atoms with E-state index in [1.807, 2.05) is 24.3 Å². The minimum atomic E-state index is -0.496. The molecule has 7 nitrogen and oxygen atoms in total. The van der Waals surface area contributed by atoms with Crippen LogP contribution in [0.4, 0.5) is 5.13 Å². The summed E-state index contributed by atoms with van der Waals surface area (Å²) < 4.78 is 5.70. The van der Waals surface area contributed by atoms with E-state index in [0.29, 0.717) is 10.7 Å². The van der Waals surface area contributed by atoms with Crippen molar-refractivity contribution in [3.63, 3.8) is 0 Å². The number of amides is 1. The van der Waals surface area contributed by atoms with E-state index >= 15 is 0 Å². The maximum Gasteiger partial charge on any atom is 0.337 e. The maximum absolute atomic E-state index is 12.2. The van der Waals surface area contributed by atoms with Gasteiger partial charge in [-0.1, -0.05) is 35.6 Å². The Morgan fingerprint density at radius 3 is 2.63 bits per heavy atom. The van der Waals surface area contributed by atoms with Crippen LogP contribution >= 0.6 is 11.3 Å². The van der Waals surface area contributed by atoms with Crippen LogP contribution in [-0.2, 0) is 9.53 Å². The molecule has 3 aromatic rings. The molecule has 0 saturated carbocycles. The summed E-state index contributed by atoms with van der Waals surface area (Å²) in [6, 6.07) is 14.0. The highest BCUT2D eigenvalue weighted by Gasteiger charge is 2.14. The number of hydrogen-bond donors (Lipinski definition) is 2. The van der Waals surface area contributed by atoms with Gasteiger partial charge in [0.2, 0.25) is 0 Å². The zero-order valence-electron chi connectivity index (χ0n) is 14.8. The van der Waals surface area contributed by atoms with Crippen molar-refractivity contribution >= 4 is 44.8 Å². The molecule has 1 heterocycles. The lowest BCUT2D eigenvalue weighted by atomic mass is 10.1. The van der Waals surface area contributed by atoms with Crippen LogP contribution in [0.3, 0.4) is 0 Å². The number of nitrogens with one attached hydrogen (secondary N) is 2. The molecule has 0 aliphatic carbocycles. The van der Waals surface area contributed by atoms with Crippen LogP contribution in [0.2, 0.25) is 0 Å². The van der Waals surface area contributed by atoms with Gasteiger partial charge in [-0.05, 0) is 36.8 Å². The second kappa shape index (κ2) is 8.41. The number of thiazole rings is 1. The van der Waals surface area contributed by atoms with Crippen molar-refractivity contribution in [2.24, 2.45) is 5.10 Å². The average Bonchev–Trinajstić information content (AvgIpc) is 3.10. The van der Waals surface area contributed by atoms with Gasteiger partial charge in [-0.3, -0.25) is 4.79 Å². The lowest BCUT2D eigenvalue weighted by molar-refractivity contribution is -0.121. The molecule has 0 aliphatic heterocycles. The Hall–Kier alpha value is -3.26. The Balaban J connectivity index is 1.54. The largest absolute Gasteiger partial charge is 0.465 e. The van der Waals surface area contributed by atoms with E-state index in [9.17, 15) is 9.59 Å². The van der Waals surface area contributed by atoms with Crippen LogP contribution in [0.15, 0.2) is 53.6 Å². The average molecular weight is 382 g/mol. The summed E-state index contributed by atoms with van der Waals surface area (Å²) in [6.07, 6.45) is 1.50. The number of benzene rings is 2. The van der Waals surface area contributed by atoms with Crippen molar-refractivity contribution in [3.05, 3.63) is 59.7 Å². The Bertz CT molecular complexity index is 949. The van der Waals surface area contributed by atoms with Crippen molar-refractivity contribution in [2.75, 3.05) is 12.4 Å². The number of hydrogen-bond acceptors (Lipinski definition) is 7. The van der Waals surface area contributed by atoms with Gasteiger partial charge in [-0.15, -0.1) is 0 Å². The molecular weight excluding hydrogens is 364 g/mol. The summed E-state index contributed by atoms with van der Waals surface area (Å²) >= 11 is 1.49. The van der Waals surface area contributed by atoms with Crippen LogP contribution in [0, 0.1) is 0 Å². The first-order valence-corrected chi connectivity index (χ1v) is 9.02. The molecule has 138 valence electrons. The minimum absolute atomic E-state index is 0.281. The Morgan fingerprint density at radius 2 is 1.93 bits per heavy atom. The number of carbonyl (C=O) groups excluding carboxylic acids is 2. The van der Waals surface area contributed by atoms with Crippen LogP contribution < -0.4 is 10.7 Å². The molecule has 8 heteroatoms. The maximum atomic E-state index is 12.2. The van der Waals surface area contributed by atoms with Crippen molar-refractivity contribution in [3.8, 4) is 0 Å². The molecule has 2 N–H and O–H groups in total. The smallest absolute Gasteiger partial charge is 0.337 e. The number of nitrogens with zero attached hydrogens (tertiary/aromatic N) is 2. The monoisotopic (exact) mass is 382 g/mol.